The summed E-state index contributed by atoms with van der Waals surface area (Å²) < 4.78 is 0. The lowest BCUT2D eigenvalue weighted by molar-refractivity contribution is -0.139. The maximum absolute atomic E-state index is 15.3. The quantitative estimate of drug-likeness (QED) is 0.164. The summed E-state index contributed by atoms with van der Waals surface area (Å²) in [5, 5.41) is 16.8. The number of fused-ring (bicyclic) bond motifs is 2. The van der Waals surface area contributed by atoms with Crippen LogP contribution in [-0.2, 0) is 15.0 Å². The van der Waals surface area contributed by atoms with Crippen LogP contribution in [0.2, 0.25) is 10.0 Å². The van der Waals surface area contributed by atoms with Gasteiger partial charge in [0, 0.05) is 40.8 Å². The summed E-state index contributed by atoms with van der Waals surface area (Å²) in [6.07, 6.45) is 0.398. The fourth-order valence-electron chi connectivity index (χ4n) is 8.40. The van der Waals surface area contributed by atoms with Gasteiger partial charge in [0.1, 0.15) is 5.41 Å². The average molecular weight is 699 g/mol. The van der Waals surface area contributed by atoms with Crippen molar-refractivity contribution in [2.45, 2.75) is 76.1 Å². The number of hydrogen-bond donors (Lipinski definition) is 2. The fraction of sp³-hybridized carbons (Fsp3) is 0.366. The first kappa shape index (κ1) is 35.2. The van der Waals surface area contributed by atoms with Gasteiger partial charge in [-0.15, -0.1) is 0 Å². The molecule has 6 rings (SSSR count). The monoisotopic (exact) mass is 697 g/mol. The molecule has 0 bridgehead atoms. The van der Waals surface area contributed by atoms with E-state index in [1.54, 1.807) is 6.07 Å². The summed E-state index contributed by atoms with van der Waals surface area (Å²) in [5.74, 6) is -0.584. The molecule has 4 aromatic carbocycles. The standard InChI is InChI=1S/C41H45Cl2N3O3/c1-5-45(6-2)39(48)37-35(29-18-13-19-30(42)24-29)41(32-22-21-31(43)25-33(32)44-40(41)49)34(23-20-26(3)4)46(37)36(27-14-9-7-10-15-27)38(47)28-16-11-8-12-17-28/h7-19,21-22,24-26,34-38,47H,5-6,20,23H2,1-4H3,(H,44,49). The highest BCUT2D eigenvalue weighted by Gasteiger charge is 2.70. The van der Waals surface area contributed by atoms with Gasteiger partial charge in [0.05, 0.1) is 18.2 Å². The highest BCUT2D eigenvalue weighted by atomic mass is 35.5. The smallest absolute Gasteiger partial charge is 0.240 e. The number of amides is 2. The molecule has 2 amide bonds. The summed E-state index contributed by atoms with van der Waals surface area (Å²) in [5.41, 5.74) is 2.64. The molecule has 0 aromatic heterocycles. The third kappa shape index (κ3) is 6.29. The topological polar surface area (TPSA) is 72.9 Å². The molecular formula is C41H45Cl2N3O3. The minimum absolute atomic E-state index is 0.0854. The van der Waals surface area contributed by atoms with Gasteiger partial charge < -0.3 is 15.3 Å². The summed E-state index contributed by atoms with van der Waals surface area (Å²) in [6, 6.07) is 30.7. The summed E-state index contributed by atoms with van der Waals surface area (Å²) >= 11 is 13.3. The Balaban J connectivity index is 1.73. The minimum atomic E-state index is -1.21. The lowest BCUT2D eigenvalue weighted by atomic mass is 9.63. The number of rotatable bonds is 11. The molecule has 0 saturated carbocycles. The first-order valence-electron chi connectivity index (χ1n) is 17.3. The molecule has 1 spiro atoms. The van der Waals surface area contributed by atoms with E-state index in [0.717, 1.165) is 28.7 Å². The fourth-order valence-corrected chi connectivity index (χ4v) is 8.77. The maximum atomic E-state index is 15.3. The van der Waals surface area contributed by atoms with Crippen LogP contribution in [0, 0.1) is 5.92 Å². The normalized spacial score (nSPS) is 23.0. The number of hydrogen-bond acceptors (Lipinski definition) is 4. The molecule has 6 atom stereocenters. The van der Waals surface area contributed by atoms with Crippen molar-refractivity contribution in [1.82, 2.24) is 9.80 Å². The summed E-state index contributed by atoms with van der Waals surface area (Å²) in [4.78, 5) is 34.5. The number of nitrogens with zero attached hydrogens (tertiary/aromatic N) is 2. The zero-order valence-corrected chi connectivity index (χ0v) is 30.0. The summed E-state index contributed by atoms with van der Waals surface area (Å²) in [6.45, 7) is 9.31. The molecule has 2 N–H and O–H groups in total. The molecule has 256 valence electrons. The van der Waals surface area contributed by atoms with Crippen molar-refractivity contribution < 1.29 is 14.7 Å². The molecule has 1 fully saturated rings. The van der Waals surface area contributed by atoms with Crippen LogP contribution in [0.4, 0.5) is 5.69 Å². The van der Waals surface area contributed by atoms with Crippen molar-refractivity contribution >= 4 is 40.7 Å². The first-order chi connectivity index (χ1) is 23.6. The van der Waals surface area contributed by atoms with Gasteiger partial charge in [-0.05, 0) is 79.1 Å². The Morgan fingerprint density at radius 3 is 2.12 bits per heavy atom. The lowest BCUT2D eigenvalue weighted by Crippen LogP contribution is -2.52. The van der Waals surface area contributed by atoms with Crippen molar-refractivity contribution in [3.63, 3.8) is 0 Å². The molecule has 0 radical (unpaired) electrons. The molecule has 0 aliphatic carbocycles. The van der Waals surface area contributed by atoms with Crippen molar-refractivity contribution in [3.8, 4) is 0 Å². The van der Waals surface area contributed by atoms with Crippen LogP contribution in [0.25, 0.3) is 0 Å². The van der Waals surface area contributed by atoms with Crippen LogP contribution < -0.4 is 5.32 Å². The number of carbonyl (C=O) groups excluding carboxylic acids is 2. The van der Waals surface area contributed by atoms with Crippen LogP contribution >= 0.6 is 23.2 Å². The van der Waals surface area contributed by atoms with Gasteiger partial charge in [-0.1, -0.05) is 116 Å². The predicted molar refractivity (Wildman–Crippen MR) is 198 cm³/mol. The van der Waals surface area contributed by atoms with Crippen LogP contribution in [0.3, 0.4) is 0 Å². The van der Waals surface area contributed by atoms with Gasteiger partial charge in [-0.2, -0.15) is 0 Å². The second-order valence-corrected chi connectivity index (χ2v) is 14.5. The van der Waals surface area contributed by atoms with Gasteiger partial charge in [-0.3, -0.25) is 14.5 Å². The number of likely N-dealkylation sites (N-methyl/N-ethyl adjacent to an activating group) is 1. The van der Waals surface area contributed by atoms with Gasteiger partial charge in [-0.25, -0.2) is 0 Å². The van der Waals surface area contributed by atoms with Crippen LogP contribution in [0.5, 0.6) is 0 Å². The number of benzene rings is 4. The van der Waals surface area contributed by atoms with E-state index in [-0.39, 0.29) is 11.8 Å². The highest BCUT2D eigenvalue weighted by molar-refractivity contribution is 6.31. The predicted octanol–water partition coefficient (Wildman–Crippen LogP) is 8.80. The van der Waals surface area contributed by atoms with Crippen molar-refractivity contribution in [1.29, 1.82) is 0 Å². The summed E-state index contributed by atoms with van der Waals surface area (Å²) in [7, 11) is 0. The molecule has 1 saturated heterocycles. The molecule has 2 heterocycles. The Kier molecular flexibility index (Phi) is 10.5. The van der Waals surface area contributed by atoms with E-state index in [0.29, 0.717) is 41.2 Å². The Morgan fingerprint density at radius 2 is 1.51 bits per heavy atom. The Labute approximate surface area is 300 Å². The first-order valence-corrected chi connectivity index (χ1v) is 18.1. The van der Waals surface area contributed by atoms with E-state index in [1.807, 2.05) is 116 Å². The van der Waals surface area contributed by atoms with Crippen molar-refractivity contribution in [2.75, 3.05) is 18.4 Å². The number of nitrogens with one attached hydrogen (secondary N) is 1. The molecule has 2 aliphatic heterocycles. The Hall–Kier alpha value is -3.68. The maximum Gasteiger partial charge on any atom is 0.240 e. The third-order valence-corrected chi connectivity index (χ3v) is 11.0. The van der Waals surface area contributed by atoms with Crippen LogP contribution in [-0.4, -0.2) is 51.9 Å². The number of aliphatic hydroxyl groups is 1. The van der Waals surface area contributed by atoms with E-state index in [1.165, 1.54) is 0 Å². The van der Waals surface area contributed by atoms with Crippen LogP contribution in [0.15, 0.2) is 103 Å². The van der Waals surface area contributed by atoms with Gasteiger partial charge in [0.25, 0.3) is 0 Å². The molecule has 49 heavy (non-hydrogen) atoms. The van der Waals surface area contributed by atoms with E-state index in [4.69, 9.17) is 23.2 Å². The lowest BCUT2D eigenvalue weighted by Gasteiger charge is -2.43. The van der Waals surface area contributed by atoms with Crippen molar-refractivity contribution in [3.05, 3.63) is 135 Å². The molecular weight excluding hydrogens is 653 g/mol. The van der Waals surface area contributed by atoms with Gasteiger partial charge in [0.2, 0.25) is 11.8 Å². The SMILES string of the molecule is CCN(CC)C(=O)C1C(c2cccc(Cl)c2)C2(C(=O)Nc3cc(Cl)ccc32)C(CCC(C)C)N1C(c1ccccc1)C(O)c1ccccc1. The number of halogens is 2. The van der Waals surface area contributed by atoms with E-state index >= 15 is 9.59 Å². The number of likely N-dealkylation sites (tertiary alicyclic amines) is 1. The number of carbonyl (C=O) groups is 2. The third-order valence-electron chi connectivity index (χ3n) is 10.5. The highest BCUT2D eigenvalue weighted by Crippen LogP contribution is 2.62. The Morgan fingerprint density at radius 1 is 0.878 bits per heavy atom. The zero-order chi connectivity index (χ0) is 34.9. The van der Waals surface area contributed by atoms with E-state index < -0.39 is 35.6 Å². The van der Waals surface area contributed by atoms with Gasteiger partial charge in [0.15, 0.2) is 0 Å². The second-order valence-electron chi connectivity index (χ2n) is 13.6. The van der Waals surface area contributed by atoms with Gasteiger partial charge >= 0.3 is 0 Å². The van der Waals surface area contributed by atoms with Crippen molar-refractivity contribution in [2.24, 2.45) is 5.92 Å². The molecule has 6 unspecified atom stereocenters. The van der Waals surface area contributed by atoms with E-state index in [9.17, 15) is 5.11 Å². The largest absolute Gasteiger partial charge is 0.386 e. The molecule has 4 aromatic rings. The molecule has 6 nitrogen and oxygen atoms in total. The number of aliphatic hydroxyl groups excluding tert-OH is 1. The Bertz CT molecular complexity index is 1780. The van der Waals surface area contributed by atoms with E-state index in [2.05, 4.69) is 24.1 Å². The minimum Gasteiger partial charge on any atom is -0.386 e. The second kappa shape index (κ2) is 14.7. The average Bonchev–Trinajstić information content (AvgIpc) is 3.55. The van der Waals surface area contributed by atoms with Crippen LogP contribution in [0.1, 0.15) is 80.9 Å². The number of anilines is 1. The molecule has 8 heteroatoms. The zero-order valence-electron chi connectivity index (χ0n) is 28.5. The molecule has 2 aliphatic rings.